The number of hydrogen-bond donors (Lipinski definition) is 1. The minimum atomic E-state index is -0.706. The Bertz CT molecular complexity index is 942. The fraction of sp³-hybridized carbons (Fsp3) is 0.250. The molecule has 1 aliphatic rings. The normalized spacial score (nSPS) is 15.8. The Hall–Kier alpha value is -2.67. The third-order valence-corrected chi connectivity index (χ3v) is 4.83. The molecule has 140 valence electrons. The van der Waals surface area contributed by atoms with E-state index in [4.69, 9.17) is 4.74 Å². The molecule has 0 saturated heterocycles. The Kier molecular flexibility index (Phi) is 5.32. The number of nitrogens with zero attached hydrogens (tertiary/aromatic N) is 1. The van der Waals surface area contributed by atoms with Crippen molar-refractivity contribution in [3.8, 4) is 5.75 Å². The Morgan fingerprint density at radius 3 is 2.63 bits per heavy atom. The topological polar surface area (TPSA) is 75.7 Å². The lowest BCUT2D eigenvalue weighted by molar-refractivity contribution is -0.127. The van der Waals surface area contributed by atoms with Crippen molar-refractivity contribution in [2.24, 2.45) is 0 Å². The molecule has 6 nitrogen and oxygen atoms in total. The second-order valence-electron chi connectivity index (χ2n) is 6.43. The molecule has 0 fully saturated rings. The number of Topliss-reactive ketones (excluding diaryl/α,β-unsaturated/α-hetero) is 1. The summed E-state index contributed by atoms with van der Waals surface area (Å²) in [6, 6.07) is 10.4. The highest BCUT2D eigenvalue weighted by Crippen LogP contribution is 2.35. The monoisotopic (exact) mass is 430 g/mol. The van der Waals surface area contributed by atoms with Gasteiger partial charge in [0.25, 0.3) is 5.91 Å². The molecular formula is C20H19BrN2O4. The Morgan fingerprint density at radius 1 is 1.22 bits per heavy atom. The van der Waals surface area contributed by atoms with E-state index in [1.807, 2.05) is 19.1 Å². The smallest absolute Gasteiger partial charge is 0.268 e. The first-order chi connectivity index (χ1) is 12.8. The highest BCUT2D eigenvalue weighted by molar-refractivity contribution is 9.10. The molecular weight excluding hydrogens is 412 g/mol. The number of nitrogens with one attached hydrogen (secondary N) is 1. The molecule has 2 aromatic carbocycles. The summed E-state index contributed by atoms with van der Waals surface area (Å²) in [5.74, 6) is -0.314. The largest absolute Gasteiger partial charge is 0.479 e. The molecule has 0 radical (unpaired) electrons. The molecule has 27 heavy (non-hydrogen) atoms. The summed E-state index contributed by atoms with van der Waals surface area (Å²) >= 11 is 3.39. The van der Waals surface area contributed by atoms with Crippen LogP contribution in [-0.4, -0.2) is 30.2 Å². The molecule has 3 rings (SSSR count). The Balaban J connectivity index is 1.87. The van der Waals surface area contributed by atoms with Crippen LogP contribution >= 0.6 is 15.9 Å². The van der Waals surface area contributed by atoms with E-state index in [0.29, 0.717) is 22.7 Å². The van der Waals surface area contributed by atoms with Crippen molar-refractivity contribution in [1.29, 1.82) is 0 Å². The quantitative estimate of drug-likeness (QED) is 0.749. The number of rotatable bonds is 4. The zero-order valence-corrected chi connectivity index (χ0v) is 16.8. The number of amides is 2. The number of carbonyl (C=O) groups is 3. The van der Waals surface area contributed by atoms with E-state index in [9.17, 15) is 14.4 Å². The van der Waals surface area contributed by atoms with Crippen LogP contribution in [0, 0.1) is 6.92 Å². The maximum atomic E-state index is 12.6. The van der Waals surface area contributed by atoms with Crippen LogP contribution in [0.1, 0.15) is 29.8 Å². The molecule has 1 heterocycles. The summed E-state index contributed by atoms with van der Waals surface area (Å²) in [7, 11) is 0. The summed E-state index contributed by atoms with van der Waals surface area (Å²) in [4.78, 5) is 38.2. The van der Waals surface area contributed by atoms with Crippen molar-refractivity contribution in [2.75, 3.05) is 16.8 Å². The molecule has 0 bridgehead atoms. The van der Waals surface area contributed by atoms with Gasteiger partial charge in [0.1, 0.15) is 12.3 Å². The molecule has 2 aromatic rings. The number of anilines is 2. The van der Waals surface area contributed by atoms with Gasteiger partial charge in [-0.1, -0.05) is 15.9 Å². The molecule has 0 aromatic heterocycles. The minimum Gasteiger partial charge on any atom is -0.479 e. The molecule has 0 aliphatic carbocycles. The first kappa shape index (κ1) is 19.1. The van der Waals surface area contributed by atoms with E-state index in [2.05, 4.69) is 21.2 Å². The van der Waals surface area contributed by atoms with Crippen LogP contribution in [0.3, 0.4) is 0 Å². The number of ketones is 1. The third kappa shape index (κ3) is 4.03. The van der Waals surface area contributed by atoms with Gasteiger partial charge < -0.3 is 10.1 Å². The first-order valence-corrected chi connectivity index (χ1v) is 9.24. The van der Waals surface area contributed by atoms with Crippen LogP contribution in [0.5, 0.6) is 5.75 Å². The van der Waals surface area contributed by atoms with Crippen molar-refractivity contribution >= 4 is 44.9 Å². The summed E-state index contributed by atoms with van der Waals surface area (Å²) in [6.07, 6.45) is -0.706. The van der Waals surface area contributed by atoms with E-state index in [0.717, 1.165) is 10.0 Å². The van der Waals surface area contributed by atoms with Gasteiger partial charge in [0.15, 0.2) is 11.9 Å². The average molecular weight is 431 g/mol. The van der Waals surface area contributed by atoms with Gasteiger partial charge in [-0.2, -0.15) is 0 Å². The van der Waals surface area contributed by atoms with E-state index in [1.165, 1.54) is 11.8 Å². The molecule has 1 atom stereocenters. The third-order valence-electron chi connectivity index (χ3n) is 4.34. The Morgan fingerprint density at radius 2 is 1.96 bits per heavy atom. The number of benzene rings is 2. The van der Waals surface area contributed by atoms with E-state index >= 15 is 0 Å². The fourth-order valence-electron chi connectivity index (χ4n) is 2.89. The first-order valence-electron chi connectivity index (χ1n) is 8.45. The number of fused-ring (bicyclic) bond motifs is 1. The lowest BCUT2D eigenvalue weighted by Crippen LogP contribution is -2.47. The molecule has 7 heteroatoms. The van der Waals surface area contributed by atoms with Crippen LogP contribution in [-0.2, 0) is 9.59 Å². The average Bonchev–Trinajstić information content (AvgIpc) is 2.61. The van der Waals surface area contributed by atoms with E-state index in [-0.39, 0.29) is 24.1 Å². The number of halogens is 1. The van der Waals surface area contributed by atoms with Crippen molar-refractivity contribution in [2.45, 2.75) is 26.9 Å². The van der Waals surface area contributed by atoms with Gasteiger partial charge in [-0.25, -0.2) is 0 Å². The molecule has 0 saturated carbocycles. The van der Waals surface area contributed by atoms with E-state index in [1.54, 1.807) is 31.2 Å². The fourth-order valence-corrected chi connectivity index (χ4v) is 3.37. The number of aryl methyl sites for hydroxylation is 1. The van der Waals surface area contributed by atoms with Crippen molar-refractivity contribution in [1.82, 2.24) is 0 Å². The summed E-state index contributed by atoms with van der Waals surface area (Å²) in [5, 5.41) is 2.83. The number of ether oxygens (including phenoxy) is 1. The standard InChI is InChI=1S/C20H19BrN2O4/c1-11-8-15(21)5-6-16(11)22-19(25)10-23-17-9-14(12(2)24)4-7-18(17)27-13(3)20(23)26/h4-9,13H,10H2,1-3H3,(H,22,25). The lowest BCUT2D eigenvalue weighted by atomic mass is 10.1. The van der Waals surface area contributed by atoms with Gasteiger partial charge in [0.2, 0.25) is 5.91 Å². The van der Waals surface area contributed by atoms with Crippen molar-refractivity contribution in [3.63, 3.8) is 0 Å². The number of carbonyl (C=O) groups excluding carboxylic acids is 3. The van der Waals surface area contributed by atoms with Gasteiger partial charge in [-0.05, 0) is 62.7 Å². The highest BCUT2D eigenvalue weighted by Gasteiger charge is 2.33. The van der Waals surface area contributed by atoms with Gasteiger partial charge in [0.05, 0.1) is 5.69 Å². The molecule has 1 N–H and O–H groups in total. The molecule has 2 amide bonds. The Labute approximate surface area is 165 Å². The van der Waals surface area contributed by atoms with Gasteiger partial charge >= 0.3 is 0 Å². The highest BCUT2D eigenvalue weighted by atomic mass is 79.9. The minimum absolute atomic E-state index is 0.126. The predicted molar refractivity (Wildman–Crippen MR) is 106 cm³/mol. The van der Waals surface area contributed by atoms with Gasteiger partial charge in [0, 0.05) is 15.7 Å². The SMILES string of the molecule is CC(=O)c1ccc2c(c1)N(CC(=O)Nc1ccc(Br)cc1C)C(=O)C(C)O2. The van der Waals surface area contributed by atoms with Crippen LogP contribution < -0.4 is 15.0 Å². The van der Waals surface area contributed by atoms with Crippen molar-refractivity contribution < 1.29 is 19.1 Å². The van der Waals surface area contributed by atoms with Crippen LogP contribution in [0.2, 0.25) is 0 Å². The maximum absolute atomic E-state index is 12.6. The molecule has 1 aliphatic heterocycles. The van der Waals surface area contributed by atoms with Gasteiger partial charge in [-0.15, -0.1) is 0 Å². The zero-order chi connectivity index (χ0) is 19.7. The van der Waals surface area contributed by atoms with E-state index < -0.39 is 6.10 Å². The second kappa shape index (κ2) is 7.52. The predicted octanol–water partition coefficient (Wildman–Crippen LogP) is 3.71. The summed E-state index contributed by atoms with van der Waals surface area (Å²) in [5.41, 5.74) is 2.45. The van der Waals surface area contributed by atoms with Crippen LogP contribution in [0.4, 0.5) is 11.4 Å². The zero-order valence-electron chi connectivity index (χ0n) is 15.2. The number of hydrogen-bond acceptors (Lipinski definition) is 4. The van der Waals surface area contributed by atoms with Crippen LogP contribution in [0.25, 0.3) is 0 Å². The molecule has 0 spiro atoms. The lowest BCUT2D eigenvalue weighted by Gasteiger charge is -2.32. The molecule has 1 unspecified atom stereocenters. The maximum Gasteiger partial charge on any atom is 0.268 e. The van der Waals surface area contributed by atoms with Gasteiger partial charge in [-0.3, -0.25) is 19.3 Å². The van der Waals surface area contributed by atoms with Crippen LogP contribution in [0.15, 0.2) is 40.9 Å². The summed E-state index contributed by atoms with van der Waals surface area (Å²) < 4.78 is 6.52. The summed E-state index contributed by atoms with van der Waals surface area (Å²) in [6.45, 7) is 4.80. The van der Waals surface area contributed by atoms with Crippen molar-refractivity contribution in [3.05, 3.63) is 52.0 Å². The second-order valence-corrected chi connectivity index (χ2v) is 7.35.